The van der Waals surface area contributed by atoms with Gasteiger partial charge >= 0.3 is 5.97 Å². The number of thioether (sulfide) groups is 1. The monoisotopic (exact) mass is 420 g/mol. The molecule has 1 N–H and O–H groups in total. The highest BCUT2D eigenvalue weighted by atomic mass is 32.2. The molecule has 0 saturated heterocycles. The minimum atomic E-state index is -1.01. The number of benzene rings is 2. The van der Waals surface area contributed by atoms with E-state index in [4.69, 9.17) is 4.74 Å². The molecule has 29 heavy (non-hydrogen) atoms. The van der Waals surface area contributed by atoms with Crippen LogP contribution in [0.5, 0.6) is 5.75 Å². The summed E-state index contributed by atoms with van der Waals surface area (Å²) in [6.45, 7) is 0. The molecule has 0 aliphatic rings. The molecule has 2 heterocycles. The summed E-state index contributed by atoms with van der Waals surface area (Å²) in [4.78, 5) is 21.7. The number of carboxylic acid groups (broad SMARTS) is 1. The van der Waals surface area contributed by atoms with Crippen LogP contribution >= 0.6 is 23.1 Å². The topological polar surface area (TPSA) is 72.3 Å². The summed E-state index contributed by atoms with van der Waals surface area (Å²) in [6, 6.07) is 17.2. The van der Waals surface area contributed by atoms with Gasteiger partial charge in [0, 0.05) is 10.9 Å². The number of carbonyl (C=O) groups is 1. The zero-order valence-corrected chi connectivity index (χ0v) is 17.0. The number of thiophene rings is 1. The lowest BCUT2D eigenvalue weighted by Gasteiger charge is -2.06. The highest BCUT2D eigenvalue weighted by Gasteiger charge is 2.17. The summed E-state index contributed by atoms with van der Waals surface area (Å²) in [6.07, 6.45) is 3.11. The Morgan fingerprint density at radius 1 is 1.10 bits per heavy atom. The summed E-state index contributed by atoms with van der Waals surface area (Å²) in [5.41, 5.74) is 2.82. The highest BCUT2D eigenvalue weighted by Crippen LogP contribution is 2.40. The van der Waals surface area contributed by atoms with E-state index in [-0.39, 0.29) is 4.91 Å². The first-order chi connectivity index (χ1) is 14.2. The van der Waals surface area contributed by atoms with Crippen molar-refractivity contribution in [1.29, 1.82) is 0 Å². The molecule has 0 bridgehead atoms. The van der Waals surface area contributed by atoms with Gasteiger partial charge in [-0.3, -0.25) is 0 Å². The van der Waals surface area contributed by atoms with Crippen molar-refractivity contribution >= 4 is 45.4 Å². The van der Waals surface area contributed by atoms with Crippen molar-refractivity contribution in [3.8, 4) is 16.9 Å². The van der Waals surface area contributed by atoms with Crippen LogP contribution in [0.25, 0.3) is 27.4 Å². The van der Waals surface area contributed by atoms with Gasteiger partial charge in [0.15, 0.2) is 0 Å². The Kier molecular flexibility index (Phi) is 5.59. The second-order valence-corrected chi connectivity index (χ2v) is 7.95. The lowest BCUT2D eigenvalue weighted by molar-refractivity contribution is -0.131. The number of aliphatic carboxylic acids is 1. The van der Waals surface area contributed by atoms with E-state index >= 15 is 0 Å². The Hall–Kier alpha value is -3.16. The van der Waals surface area contributed by atoms with Gasteiger partial charge in [0.1, 0.15) is 21.9 Å². The van der Waals surface area contributed by atoms with Crippen LogP contribution in [0.4, 0.5) is 0 Å². The molecule has 144 valence electrons. The van der Waals surface area contributed by atoms with Gasteiger partial charge in [0.25, 0.3) is 0 Å². The zero-order valence-electron chi connectivity index (χ0n) is 15.4. The normalized spacial score (nSPS) is 11.6. The molecule has 0 radical (unpaired) electrons. The van der Waals surface area contributed by atoms with Crippen LogP contribution in [-0.4, -0.2) is 28.2 Å². The van der Waals surface area contributed by atoms with Crippen molar-refractivity contribution in [1.82, 2.24) is 9.97 Å². The number of hydrogen-bond donors (Lipinski definition) is 1. The van der Waals surface area contributed by atoms with Crippen LogP contribution in [0.1, 0.15) is 5.56 Å². The zero-order chi connectivity index (χ0) is 20.2. The molecule has 4 rings (SSSR count). The molecule has 0 unspecified atom stereocenters. The van der Waals surface area contributed by atoms with Gasteiger partial charge in [-0.1, -0.05) is 54.2 Å². The van der Waals surface area contributed by atoms with E-state index < -0.39 is 5.97 Å². The third-order valence-electron chi connectivity index (χ3n) is 4.25. The summed E-state index contributed by atoms with van der Waals surface area (Å²) in [5, 5.41) is 13.3. The Bertz CT molecular complexity index is 1190. The molecule has 0 saturated carbocycles. The minimum absolute atomic E-state index is 0.181. The van der Waals surface area contributed by atoms with Gasteiger partial charge in [-0.25, -0.2) is 14.8 Å². The molecular weight excluding hydrogens is 404 g/mol. The second-order valence-electron chi connectivity index (χ2n) is 6.06. The van der Waals surface area contributed by atoms with Crippen molar-refractivity contribution in [3.63, 3.8) is 0 Å². The number of rotatable bonds is 6. The van der Waals surface area contributed by atoms with E-state index in [1.165, 1.54) is 17.7 Å². The molecule has 5 nitrogen and oxygen atoms in total. The smallest absolute Gasteiger partial charge is 0.342 e. The maximum atomic E-state index is 11.9. The van der Waals surface area contributed by atoms with Gasteiger partial charge in [0.05, 0.1) is 17.4 Å². The van der Waals surface area contributed by atoms with Crippen molar-refractivity contribution in [2.75, 3.05) is 7.11 Å². The van der Waals surface area contributed by atoms with Gasteiger partial charge in [-0.05, 0) is 29.3 Å². The van der Waals surface area contributed by atoms with Crippen molar-refractivity contribution < 1.29 is 14.6 Å². The van der Waals surface area contributed by atoms with Gasteiger partial charge in [-0.15, -0.1) is 11.3 Å². The summed E-state index contributed by atoms with van der Waals surface area (Å²) < 4.78 is 5.15. The molecule has 4 aromatic rings. The molecule has 0 aliphatic heterocycles. The predicted octanol–water partition coefficient (Wildman–Crippen LogP) is 5.58. The van der Waals surface area contributed by atoms with Crippen LogP contribution in [0, 0.1) is 0 Å². The molecule has 0 aliphatic carbocycles. The molecule has 0 amide bonds. The average molecular weight is 421 g/mol. The summed E-state index contributed by atoms with van der Waals surface area (Å²) in [7, 11) is 1.59. The Balaban J connectivity index is 1.76. The Morgan fingerprint density at radius 3 is 2.55 bits per heavy atom. The van der Waals surface area contributed by atoms with Crippen LogP contribution in [0.15, 0.2) is 76.2 Å². The van der Waals surface area contributed by atoms with Crippen LogP contribution < -0.4 is 4.74 Å². The number of carboxylic acids is 1. The first kappa shape index (κ1) is 19.2. The van der Waals surface area contributed by atoms with Crippen molar-refractivity contribution in [2.24, 2.45) is 0 Å². The van der Waals surface area contributed by atoms with E-state index in [9.17, 15) is 9.90 Å². The van der Waals surface area contributed by atoms with Gasteiger partial charge in [-0.2, -0.15) is 0 Å². The lowest BCUT2D eigenvalue weighted by atomic mass is 10.1. The number of aromatic nitrogens is 2. The summed E-state index contributed by atoms with van der Waals surface area (Å²) >= 11 is 2.65. The van der Waals surface area contributed by atoms with Crippen LogP contribution in [0.3, 0.4) is 0 Å². The molecule has 2 aromatic carbocycles. The van der Waals surface area contributed by atoms with Gasteiger partial charge in [0.2, 0.25) is 0 Å². The minimum Gasteiger partial charge on any atom is -0.497 e. The van der Waals surface area contributed by atoms with Crippen LogP contribution in [-0.2, 0) is 4.79 Å². The third kappa shape index (κ3) is 4.16. The van der Waals surface area contributed by atoms with Crippen LogP contribution in [0.2, 0.25) is 0 Å². The highest BCUT2D eigenvalue weighted by molar-refractivity contribution is 8.04. The van der Waals surface area contributed by atoms with E-state index in [0.29, 0.717) is 5.03 Å². The average Bonchev–Trinajstić information content (AvgIpc) is 3.19. The fraction of sp³-hybridized carbons (Fsp3) is 0.0455. The Labute approximate surface area is 175 Å². The van der Waals surface area contributed by atoms with Gasteiger partial charge < -0.3 is 9.84 Å². The fourth-order valence-corrected chi connectivity index (χ4v) is 4.73. The predicted molar refractivity (Wildman–Crippen MR) is 117 cm³/mol. The standard InChI is InChI=1S/C22H16N2O3S2/c1-27-16-9-7-14(8-10-16)11-18(22(25)26)29-21-19-17(15-5-3-2-4-6-15)12-28-20(19)23-13-24-21/h2-13H,1H3,(H,25,26)/b18-11+. The van der Waals surface area contributed by atoms with E-state index in [1.807, 2.05) is 47.8 Å². The van der Waals surface area contributed by atoms with Crippen molar-refractivity contribution in [2.45, 2.75) is 5.03 Å². The summed E-state index contributed by atoms with van der Waals surface area (Å²) in [5.74, 6) is -0.288. The Morgan fingerprint density at radius 2 is 1.86 bits per heavy atom. The number of nitrogens with zero attached hydrogens (tertiary/aromatic N) is 2. The first-order valence-corrected chi connectivity index (χ1v) is 10.4. The quantitative estimate of drug-likeness (QED) is 0.249. The molecule has 0 fully saturated rings. The number of hydrogen-bond acceptors (Lipinski definition) is 6. The molecule has 0 spiro atoms. The molecule has 0 atom stereocenters. The largest absolute Gasteiger partial charge is 0.497 e. The third-order valence-corrected chi connectivity index (χ3v) is 6.15. The second kappa shape index (κ2) is 8.46. The molecular formula is C22H16N2O3S2. The molecule has 7 heteroatoms. The maximum absolute atomic E-state index is 11.9. The molecule has 2 aromatic heterocycles. The first-order valence-electron chi connectivity index (χ1n) is 8.70. The van der Waals surface area contributed by atoms with E-state index in [1.54, 1.807) is 25.3 Å². The van der Waals surface area contributed by atoms with E-state index in [0.717, 1.165) is 44.4 Å². The van der Waals surface area contributed by atoms with E-state index in [2.05, 4.69) is 9.97 Å². The number of ether oxygens (including phenoxy) is 1. The van der Waals surface area contributed by atoms with Crippen molar-refractivity contribution in [3.05, 3.63) is 76.8 Å². The number of methoxy groups -OCH3 is 1. The lowest BCUT2D eigenvalue weighted by Crippen LogP contribution is -1.98. The maximum Gasteiger partial charge on any atom is 0.342 e. The fourth-order valence-electron chi connectivity index (χ4n) is 2.85. The number of fused-ring (bicyclic) bond motifs is 1. The SMILES string of the molecule is COc1ccc(/C=C(/Sc2ncnc3scc(-c4ccccc4)c23)C(=O)O)cc1.